The highest BCUT2D eigenvalue weighted by atomic mass is 31.2. The largest absolute Gasteiger partial charge is 0.481 e. The highest BCUT2D eigenvalue weighted by Gasteiger charge is 2.28. The molecule has 3 aromatic rings. The normalized spacial score (nSPS) is 15.1. The topological polar surface area (TPSA) is 90.4 Å². The number of hydrogen-bond acceptors (Lipinski definition) is 2. The minimum absolute atomic E-state index is 0.0105. The molecular weight excluding hydrogens is 325 g/mol. The molecule has 6 heteroatoms. The minimum Gasteiger partial charge on any atom is -0.481 e. The summed E-state index contributed by atoms with van der Waals surface area (Å²) in [7, 11) is -3.69. The number of carboxylic acids is 1. The van der Waals surface area contributed by atoms with Crippen LogP contribution in [0.4, 0.5) is 0 Å². The number of aromatic nitrogens is 1. The Morgan fingerprint density at radius 1 is 1.17 bits per heavy atom. The van der Waals surface area contributed by atoms with Crippen molar-refractivity contribution in [3.63, 3.8) is 0 Å². The van der Waals surface area contributed by atoms with Gasteiger partial charge in [0.05, 0.1) is 17.4 Å². The van der Waals surface area contributed by atoms with Crippen molar-refractivity contribution in [2.45, 2.75) is 19.0 Å². The van der Waals surface area contributed by atoms with Crippen LogP contribution in [0.3, 0.4) is 0 Å². The Morgan fingerprint density at radius 2 is 1.88 bits per heavy atom. The van der Waals surface area contributed by atoms with Crippen LogP contribution < -0.4 is 5.30 Å². The van der Waals surface area contributed by atoms with Crippen LogP contribution in [0.2, 0.25) is 0 Å². The number of hydrogen-bond donors (Lipinski definition) is 3. The summed E-state index contributed by atoms with van der Waals surface area (Å²) in [4.78, 5) is 25.0. The van der Waals surface area contributed by atoms with Crippen molar-refractivity contribution in [3.8, 4) is 0 Å². The fourth-order valence-corrected chi connectivity index (χ4v) is 4.62. The van der Waals surface area contributed by atoms with Crippen molar-refractivity contribution in [2.24, 2.45) is 0 Å². The molecule has 1 aromatic heterocycles. The van der Waals surface area contributed by atoms with Gasteiger partial charge in [-0.2, -0.15) is 0 Å². The summed E-state index contributed by atoms with van der Waals surface area (Å²) in [5.41, 5.74) is 1.97. The van der Waals surface area contributed by atoms with Gasteiger partial charge in [-0.1, -0.05) is 42.5 Å². The van der Waals surface area contributed by atoms with E-state index in [1.807, 2.05) is 18.2 Å². The van der Waals surface area contributed by atoms with Crippen molar-refractivity contribution in [1.82, 2.24) is 4.98 Å². The van der Waals surface area contributed by atoms with Crippen LogP contribution in [0.25, 0.3) is 10.9 Å². The highest BCUT2D eigenvalue weighted by molar-refractivity contribution is 7.65. The Labute approximate surface area is 139 Å². The van der Waals surface area contributed by atoms with Crippen molar-refractivity contribution >= 4 is 29.5 Å². The molecular formula is C18H18NO4P. The summed E-state index contributed by atoms with van der Waals surface area (Å²) in [6.45, 7) is 1.58. The maximum atomic E-state index is 13.0. The summed E-state index contributed by atoms with van der Waals surface area (Å²) < 4.78 is 13.0. The summed E-state index contributed by atoms with van der Waals surface area (Å²) in [5.74, 6) is -1.73. The smallest absolute Gasteiger partial charge is 0.310 e. The van der Waals surface area contributed by atoms with Crippen molar-refractivity contribution in [1.29, 1.82) is 0 Å². The van der Waals surface area contributed by atoms with E-state index in [1.54, 1.807) is 37.3 Å². The Balaban J connectivity index is 2.12. The predicted molar refractivity (Wildman–Crippen MR) is 94.0 cm³/mol. The standard InChI is InChI=1S/C18H18NO4P/c1-12(18(20)21)14-8-5-9-15-17(14)16(10-19-15)24(22,23)11-13-6-3-2-4-7-13/h2-10,12,19H,11H2,1H3,(H,20,21)(H,22,23). The summed E-state index contributed by atoms with van der Waals surface area (Å²) in [6.07, 6.45) is 1.53. The van der Waals surface area contributed by atoms with Crippen molar-refractivity contribution < 1.29 is 19.4 Å². The van der Waals surface area contributed by atoms with Crippen LogP contribution in [-0.2, 0) is 15.5 Å². The van der Waals surface area contributed by atoms with Crippen molar-refractivity contribution in [3.05, 3.63) is 65.9 Å². The van der Waals surface area contributed by atoms with Crippen LogP contribution in [-0.4, -0.2) is 21.0 Å². The number of benzene rings is 2. The number of carbonyl (C=O) groups is 1. The van der Waals surface area contributed by atoms with Gasteiger partial charge < -0.3 is 15.0 Å². The van der Waals surface area contributed by atoms with E-state index in [-0.39, 0.29) is 11.5 Å². The summed E-state index contributed by atoms with van der Waals surface area (Å²) in [5, 5.41) is 10.1. The molecule has 3 rings (SSSR count). The van der Waals surface area contributed by atoms with Gasteiger partial charge >= 0.3 is 5.97 Å². The fourth-order valence-electron chi connectivity index (χ4n) is 2.88. The second-order valence-corrected chi connectivity index (χ2v) is 8.05. The maximum absolute atomic E-state index is 13.0. The lowest BCUT2D eigenvalue weighted by Gasteiger charge is -2.14. The Kier molecular flexibility index (Phi) is 4.31. The van der Waals surface area contributed by atoms with Gasteiger partial charge in [0.25, 0.3) is 0 Å². The van der Waals surface area contributed by atoms with Crippen molar-refractivity contribution in [2.75, 3.05) is 0 Å². The minimum atomic E-state index is -3.69. The Hall–Kier alpha value is -2.36. The first kappa shape index (κ1) is 16.5. The van der Waals surface area contributed by atoms with Crippen LogP contribution in [0, 0.1) is 0 Å². The van der Waals surface area contributed by atoms with E-state index in [0.29, 0.717) is 16.5 Å². The van der Waals surface area contributed by atoms with E-state index >= 15 is 0 Å². The van der Waals surface area contributed by atoms with Gasteiger partial charge in [0, 0.05) is 17.1 Å². The summed E-state index contributed by atoms with van der Waals surface area (Å²) >= 11 is 0. The molecule has 0 aliphatic heterocycles. The third-order valence-electron chi connectivity index (χ3n) is 4.17. The third-order valence-corrected chi connectivity index (χ3v) is 6.07. The van der Waals surface area contributed by atoms with E-state index in [9.17, 15) is 19.4 Å². The monoisotopic (exact) mass is 343 g/mol. The quantitative estimate of drug-likeness (QED) is 0.619. The first-order valence-electron chi connectivity index (χ1n) is 7.59. The second-order valence-electron chi connectivity index (χ2n) is 5.85. The molecule has 2 aromatic carbocycles. The Morgan fingerprint density at radius 3 is 2.54 bits per heavy atom. The molecule has 0 aliphatic rings. The highest BCUT2D eigenvalue weighted by Crippen LogP contribution is 2.46. The molecule has 0 bridgehead atoms. The van der Waals surface area contributed by atoms with Crippen LogP contribution in [0.1, 0.15) is 24.0 Å². The van der Waals surface area contributed by atoms with Gasteiger partial charge in [-0.3, -0.25) is 9.36 Å². The van der Waals surface area contributed by atoms with Gasteiger partial charge in [0.1, 0.15) is 0 Å². The average Bonchev–Trinajstić information content (AvgIpc) is 2.99. The van der Waals surface area contributed by atoms with Crippen LogP contribution in [0.15, 0.2) is 54.7 Å². The molecule has 0 aliphatic carbocycles. The molecule has 0 saturated heterocycles. The van der Waals surface area contributed by atoms with E-state index in [0.717, 1.165) is 5.56 Å². The van der Waals surface area contributed by atoms with E-state index in [2.05, 4.69) is 4.98 Å². The molecule has 0 spiro atoms. The van der Waals surface area contributed by atoms with E-state index < -0.39 is 19.3 Å². The molecule has 124 valence electrons. The number of rotatable bonds is 5. The number of aliphatic carboxylic acids is 1. The molecule has 2 unspecified atom stereocenters. The third kappa shape index (κ3) is 3.01. The molecule has 0 radical (unpaired) electrons. The summed E-state index contributed by atoms with van der Waals surface area (Å²) in [6, 6.07) is 14.3. The zero-order valence-electron chi connectivity index (χ0n) is 13.1. The fraction of sp³-hybridized carbons (Fsp3) is 0.167. The SMILES string of the molecule is CC(C(=O)O)c1cccc2[nH]cc(P(=O)(O)Cc3ccccc3)c12. The lowest BCUT2D eigenvalue weighted by Crippen LogP contribution is -2.12. The van der Waals surface area contributed by atoms with Gasteiger partial charge in [-0.15, -0.1) is 0 Å². The molecule has 0 saturated carbocycles. The van der Waals surface area contributed by atoms with E-state index in [1.165, 1.54) is 6.20 Å². The molecule has 1 heterocycles. The molecule has 3 N–H and O–H groups in total. The number of carboxylic acid groups (broad SMARTS) is 1. The molecule has 24 heavy (non-hydrogen) atoms. The molecule has 2 atom stereocenters. The predicted octanol–water partition coefficient (Wildman–Crippen LogP) is 3.45. The lowest BCUT2D eigenvalue weighted by atomic mass is 9.98. The molecule has 5 nitrogen and oxygen atoms in total. The van der Waals surface area contributed by atoms with Gasteiger partial charge in [0.15, 0.2) is 0 Å². The first-order valence-corrected chi connectivity index (χ1v) is 9.44. The second kappa shape index (κ2) is 6.27. The van der Waals surface area contributed by atoms with Gasteiger partial charge in [-0.25, -0.2) is 0 Å². The number of H-pyrrole nitrogens is 1. The lowest BCUT2D eigenvalue weighted by molar-refractivity contribution is -0.138. The van der Waals surface area contributed by atoms with Crippen LogP contribution >= 0.6 is 7.37 Å². The number of aromatic amines is 1. The molecule has 0 amide bonds. The zero-order valence-corrected chi connectivity index (χ0v) is 14.0. The van der Waals surface area contributed by atoms with Gasteiger partial charge in [0.2, 0.25) is 7.37 Å². The zero-order chi connectivity index (χ0) is 17.3. The average molecular weight is 343 g/mol. The van der Waals surface area contributed by atoms with Gasteiger partial charge in [-0.05, 0) is 24.1 Å². The molecule has 0 fully saturated rings. The maximum Gasteiger partial charge on any atom is 0.310 e. The number of fused-ring (bicyclic) bond motifs is 1. The van der Waals surface area contributed by atoms with Crippen LogP contribution in [0.5, 0.6) is 0 Å². The first-order chi connectivity index (χ1) is 11.4. The Bertz CT molecular complexity index is 933. The van der Waals surface area contributed by atoms with E-state index in [4.69, 9.17) is 0 Å². The number of nitrogens with one attached hydrogen (secondary N) is 1.